The summed E-state index contributed by atoms with van der Waals surface area (Å²) in [6.45, 7) is 0.597. The van der Waals surface area contributed by atoms with Gasteiger partial charge in [0.1, 0.15) is 5.82 Å². The van der Waals surface area contributed by atoms with Crippen LogP contribution in [-0.2, 0) is 5.41 Å². The van der Waals surface area contributed by atoms with E-state index in [-0.39, 0.29) is 17.1 Å². The second kappa shape index (κ2) is 2.35. The highest BCUT2D eigenvalue weighted by atomic mass is 19.1. The van der Waals surface area contributed by atoms with Gasteiger partial charge < -0.3 is 5.32 Å². The van der Waals surface area contributed by atoms with E-state index in [2.05, 4.69) is 5.32 Å². The summed E-state index contributed by atoms with van der Waals surface area (Å²) in [5.74, 6) is -0.369. The van der Waals surface area contributed by atoms with Gasteiger partial charge in [-0.05, 0) is 25.0 Å². The lowest BCUT2D eigenvalue weighted by Gasteiger charge is -2.25. The minimum atomic E-state index is -0.227. The van der Waals surface area contributed by atoms with E-state index in [0.717, 1.165) is 12.8 Å². The van der Waals surface area contributed by atoms with E-state index in [4.69, 9.17) is 0 Å². The average molecular weight is 191 g/mol. The van der Waals surface area contributed by atoms with Gasteiger partial charge >= 0.3 is 0 Å². The molecule has 2 nitrogen and oxygen atoms in total. The Morgan fingerprint density at radius 3 is 2.86 bits per heavy atom. The van der Waals surface area contributed by atoms with Crippen LogP contribution in [0.3, 0.4) is 0 Å². The van der Waals surface area contributed by atoms with E-state index >= 15 is 0 Å². The van der Waals surface area contributed by atoms with Gasteiger partial charge in [-0.2, -0.15) is 0 Å². The zero-order valence-electron chi connectivity index (χ0n) is 7.64. The summed E-state index contributed by atoms with van der Waals surface area (Å²) in [7, 11) is 0. The van der Waals surface area contributed by atoms with Crippen molar-refractivity contribution in [1.82, 2.24) is 5.32 Å². The zero-order chi connectivity index (χ0) is 9.76. The van der Waals surface area contributed by atoms with Crippen LogP contribution in [0.2, 0.25) is 0 Å². The van der Waals surface area contributed by atoms with E-state index in [9.17, 15) is 9.18 Å². The predicted molar refractivity (Wildman–Crippen MR) is 49.6 cm³/mol. The van der Waals surface area contributed by atoms with Gasteiger partial charge in [-0.3, -0.25) is 4.79 Å². The molecule has 1 aliphatic carbocycles. The Hall–Kier alpha value is -1.38. The molecule has 1 N–H and O–H groups in total. The van der Waals surface area contributed by atoms with Gasteiger partial charge in [0, 0.05) is 23.1 Å². The molecule has 1 fully saturated rings. The highest BCUT2D eigenvalue weighted by Gasteiger charge is 2.50. The Labute approximate surface area is 81.1 Å². The highest BCUT2D eigenvalue weighted by molar-refractivity contribution is 5.97. The van der Waals surface area contributed by atoms with E-state index in [0.29, 0.717) is 17.7 Å². The number of amides is 1. The average Bonchev–Trinajstić information content (AvgIpc) is 2.93. The summed E-state index contributed by atoms with van der Waals surface area (Å²) in [5, 5.41) is 2.81. The van der Waals surface area contributed by atoms with E-state index < -0.39 is 0 Å². The first-order valence-corrected chi connectivity index (χ1v) is 4.80. The SMILES string of the molecule is O=C1NCC2(CC2)c2c(F)cccc21. The third kappa shape index (κ3) is 0.870. The van der Waals surface area contributed by atoms with Crippen LogP contribution < -0.4 is 5.32 Å². The van der Waals surface area contributed by atoms with Crippen LogP contribution in [0, 0.1) is 5.82 Å². The van der Waals surface area contributed by atoms with Crippen molar-refractivity contribution in [1.29, 1.82) is 0 Å². The maximum Gasteiger partial charge on any atom is 0.251 e. The van der Waals surface area contributed by atoms with Gasteiger partial charge in [-0.25, -0.2) is 4.39 Å². The molecule has 1 saturated carbocycles. The van der Waals surface area contributed by atoms with Crippen molar-refractivity contribution in [3.05, 3.63) is 35.1 Å². The normalized spacial score (nSPS) is 21.6. The molecule has 0 saturated heterocycles. The van der Waals surface area contributed by atoms with Gasteiger partial charge in [-0.15, -0.1) is 0 Å². The van der Waals surface area contributed by atoms with E-state index in [1.807, 2.05) is 0 Å². The van der Waals surface area contributed by atoms with Crippen molar-refractivity contribution in [3.63, 3.8) is 0 Å². The second-order valence-electron chi connectivity index (χ2n) is 4.13. The van der Waals surface area contributed by atoms with Crippen LogP contribution >= 0.6 is 0 Å². The lowest BCUT2D eigenvalue weighted by molar-refractivity contribution is 0.0936. The third-order valence-corrected chi connectivity index (χ3v) is 3.23. The van der Waals surface area contributed by atoms with Crippen LogP contribution in [0.5, 0.6) is 0 Å². The van der Waals surface area contributed by atoms with Crippen LogP contribution in [-0.4, -0.2) is 12.5 Å². The lowest BCUT2D eigenvalue weighted by Crippen LogP contribution is -2.39. The Morgan fingerprint density at radius 1 is 1.36 bits per heavy atom. The Morgan fingerprint density at radius 2 is 2.14 bits per heavy atom. The largest absolute Gasteiger partial charge is 0.351 e. The Kier molecular flexibility index (Phi) is 1.34. The molecule has 3 heteroatoms. The Balaban J connectivity index is 2.27. The maximum atomic E-state index is 13.6. The molecular formula is C11H10FNO. The summed E-state index contributed by atoms with van der Waals surface area (Å²) in [4.78, 5) is 11.5. The molecule has 0 atom stereocenters. The summed E-state index contributed by atoms with van der Waals surface area (Å²) in [6.07, 6.45) is 1.97. The molecule has 72 valence electrons. The number of hydrogen-bond donors (Lipinski definition) is 1. The lowest BCUT2D eigenvalue weighted by atomic mass is 9.87. The quantitative estimate of drug-likeness (QED) is 0.663. The van der Waals surface area contributed by atoms with Gasteiger partial charge in [-0.1, -0.05) is 6.07 Å². The second-order valence-corrected chi connectivity index (χ2v) is 4.13. The topological polar surface area (TPSA) is 29.1 Å². The standard InChI is InChI=1S/C11H10FNO/c12-8-3-1-2-7-9(8)11(4-5-11)6-13-10(7)14/h1-3H,4-6H2,(H,13,14). The summed E-state index contributed by atoms with van der Waals surface area (Å²) >= 11 is 0. The molecule has 0 bridgehead atoms. The number of carbonyl (C=O) groups excluding carboxylic acids is 1. The van der Waals surface area contributed by atoms with E-state index in [1.54, 1.807) is 12.1 Å². The molecule has 0 aromatic heterocycles. The van der Waals surface area contributed by atoms with Crippen molar-refractivity contribution >= 4 is 5.91 Å². The molecule has 1 amide bonds. The molecule has 0 unspecified atom stereocenters. The first kappa shape index (κ1) is 7.97. The van der Waals surface area contributed by atoms with Crippen LogP contribution in [0.25, 0.3) is 0 Å². The van der Waals surface area contributed by atoms with Crippen molar-refractivity contribution in [3.8, 4) is 0 Å². The molecule has 2 aliphatic rings. The summed E-state index contributed by atoms with van der Waals surface area (Å²) in [6, 6.07) is 4.74. The monoisotopic (exact) mass is 191 g/mol. The fourth-order valence-electron chi connectivity index (χ4n) is 2.26. The molecule has 1 spiro atoms. The van der Waals surface area contributed by atoms with Crippen molar-refractivity contribution in [2.24, 2.45) is 0 Å². The summed E-state index contributed by atoms with van der Waals surface area (Å²) < 4.78 is 13.6. The van der Waals surface area contributed by atoms with Crippen molar-refractivity contribution in [2.75, 3.05) is 6.54 Å². The van der Waals surface area contributed by atoms with Crippen LogP contribution in [0.15, 0.2) is 18.2 Å². The predicted octanol–water partition coefficient (Wildman–Crippen LogP) is 1.60. The van der Waals surface area contributed by atoms with Gasteiger partial charge in [0.15, 0.2) is 0 Å². The summed E-state index contributed by atoms with van der Waals surface area (Å²) in [5.41, 5.74) is 1.09. The number of rotatable bonds is 0. The maximum absolute atomic E-state index is 13.6. The van der Waals surface area contributed by atoms with Crippen molar-refractivity contribution < 1.29 is 9.18 Å². The van der Waals surface area contributed by atoms with Crippen LogP contribution in [0.4, 0.5) is 4.39 Å². The first-order valence-electron chi connectivity index (χ1n) is 4.80. The number of carbonyl (C=O) groups is 1. The van der Waals surface area contributed by atoms with Crippen LogP contribution in [0.1, 0.15) is 28.8 Å². The molecule has 1 aliphatic heterocycles. The highest BCUT2D eigenvalue weighted by Crippen LogP contribution is 2.51. The molecule has 1 aromatic carbocycles. The molecule has 14 heavy (non-hydrogen) atoms. The smallest absolute Gasteiger partial charge is 0.251 e. The molecule has 3 rings (SSSR count). The molecule has 1 aromatic rings. The zero-order valence-corrected chi connectivity index (χ0v) is 7.64. The van der Waals surface area contributed by atoms with E-state index in [1.165, 1.54) is 6.07 Å². The fraction of sp³-hybridized carbons (Fsp3) is 0.364. The Bertz CT molecular complexity index is 423. The first-order chi connectivity index (χ1) is 6.73. The third-order valence-electron chi connectivity index (χ3n) is 3.23. The minimum Gasteiger partial charge on any atom is -0.351 e. The molecule has 1 heterocycles. The van der Waals surface area contributed by atoms with Gasteiger partial charge in [0.2, 0.25) is 0 Å². The van der Waals surface area contributed by atoms with Crippen molar-refractivity contribution in [2.45, 2.75) is 18.3 Å². The van der Waals surface area contributed by atoms with Gasteiger partial charge in [0.25, 0.3) is 5.91 Å². The fourth-order valence-corrected chi connectivity index (χ4v) is 2.26. The minimum absolute atomic E-state index is 0.0748. The van der Waals surface area contributed by atoms with Gasteiger partial charge in [0.05, 0.1) is 0 Å². The molecular weight excluding hydrogens is 181 g/mol. The molecule has 0 radical (unpaired) electrons. The number of hydrogen-bond acceptors (Lipinski definition) is 1. The number of nitrogens with one attached hydrogen (secondary N) is 1. The number of halogens is 1. The number of fused-ring (bicyclic) bond motifs is 2. The number of benzene rings is 1.